The first-order valence-electron chi connectivity index (χ1n) is 8.72. The number of benzene rings is 1. The highest BCUT2D eigenvalue weighted by Gasteiger charge is 2.39. The Hall–Kier alpha value is -1.52. The van der Waals surface area contributed by atoms with Crippen molar-refractivity contribution in [3.8, 4) is 0 Å². The summed E-state index contributed by atoms with van der Waals surface area (Å²) in [5.41, 5.74) is 0. The molecule has 0 aromatic heterocycles. The number of ether oxygens (including phenoxy) is 1. The molecule has 0 radical (unpaired) electrons. The number of hydrogen-bond acceptors (Lipinski definition) is 6. The Balaban J connectivity index is 1.54. The molecule has 3 rings (SSSR count). The van der Waals surface area contributed by atoms with Gasteiger partial charge in [-0.3, -0.25) is 9.69 Å². The Kier molecular flexibility index (Phi) is 5.93. The second kappa shape index (κ2) is 8.01. The minimum absolute atomic E-state index is 0.0668. The molecule has 26 heavy (non-hydrogen) atoms. The maximum atomic E-state index is 12.4. The van der Waals surface area contributed by atoms with E-state index in [4.69, 9.17) is 4.74 Å². The number of carbonyl (C=O) groups is 1. The zero-order chi connectivity index (χ0) is 18.7. The monoisotopic (exact) mass is 383 g/mol. The van der Waals surface area contributed by atoms with Crippen LogP contribution in [0.5, 0.6) is 0 Å². The Morgan fingerprint density at radius 1 is 1.23 bits per heavy atom. The van der Waals surface area contributed by atoms with E-state index in [0.717, 1.165) is 0 Å². The molecule has 2 aliphatic heterocycles. The van der Waals surface area contributed by atoms with Crippen LogP contribution in [-0.2, 0) is 19.6 Å². The summed E-state index contributed by atoms with van der Waals surface area (Å²) < 4.78 is 33.0. The molecule has 2 fully saturated rings. The third-order valence-corrected chi connectivity index (χ3v) is 6.40. The van der Waals surface area contributed by atoms with Crippen LogP contribution in [0.3, 0.4) is 0 Å². The van der Waals surface area contributed by atoms with Crippen LogP contribution in [0.15, 0.2) is 35.2 Å². The van der Waals surface area contributed by atoms with Gasteiger partial charge in [0.2, 0.25) is 15.9 Å². The van der Waals surface area contributed by atoms with Crippen LogP contribution in [0.2, 0.25) is 0 Å². The molecule has 0 saturated carbocycles. The van der Waals surface area contributed by atoms with Crippen molar-refractivity contribution in [1.82, 2.24) is 14.5 Å². The van der Waals surface area contributed by atoms with E-state index in [1.54, 1.807) is 30.0 Å². The molecule has 2 N–H and O–H groups in total. The first-order valence-corrected chi connectivity index (χ1v) is 10.2. The van der Waals surface area contributed by atoms with Crippen molar-refractivity contribution in [3.05, 3.63) is 30.3 Å². The van der Waals surface area contributed by atoms with E-state index in [0.29, 0.717) is 32.7 Å². The Morgan fingerprint density at radius 2 is 1.88 bits per heavy atom. The van der Waals surface area contributed by atoms with Gasteiger partial charge in [-0.1, -0.05) is 18.2 Å². The first kappa shape index (κ1) is 19.2. The highest BCUT2D eigenvalue weighted by atomic mass is 32.2. The molecule has 0 unspecified atom stereocenters. The third-order valence-electron chi connectivity index (χ3n) is 4.90. The third kappa shape index (κ3) is 4.41. The van der Waals surface area contributed by atoms with Gasteiger partial charge in [0.15, 0.2) is 0 Å². The van der Waals surface area contributed by atoms with E-state index in [1.165, 1.54) is 12.1 Å². The number of nitrogens with zero attached hydrogens (tertiary/aromatic N) is 2. The molecule has 2 heterocycles. The fraction of sp³-hybridized carbons (Fsp3) is 0.588. The molecule has 0 aliphatic carbocycles. The molecule has 1 aromatic rings. The summed E-state index contributed by atoms with van der Waals surface area (Å²) in [6.45, 7) is 4.94. The number of amides is 1. The molecule has 0 bridgehead atoms. The van der Waals surface area contributed by atoms with Crippen molar-refractivity contribution in [2.75, 3.05) is 39.3 Å². The van der Waals surface area contributed by atoms with Gasteiger partial charge in [0.05, 0.1) is 29.8 Å². The summed E-state index contributed by atoms with van der Waals surface area (Å²) in [6, 6.07) is 7.39. The highest BCUT2D eigenvalue weighted by Crippen LogP contribution is 2.19. The van der Waals surface area contributed by atoms with Crippen LogP contribution in [-0.4, -0.2) is 86.8 Å². The molecule has 3 atom stereocenters. The number of piperazine rings is 1. The molecule has 2 aliphatic rings. The lowest BCUT2D eigenvalue weighted by Gasteiger charge is -2.35. The van der Waals surface area contributed by atoms with Gasteiger partial charge >= 0.3 is 0 Å². The minimum atomic E-state index is -3.70. The van der Waals surface area contributed by atoms with E-state index in [1.807, 2.05) is 0 Å². The molecule has 2 saturated heterocycles. The lowest BCUT2D eigenvalue weighted by atomic mass is 10.1. The standard InChI is InChI=1S/C17H25N3O5S/c1-13(21)20-9-7-19(8-10-20)11-16-17(22)15(12-25-16)18-26(23,24)14-5-3-2-4-6-14/h2-6,15-18,22H,7-12H2,1H3/t15-,16-,17+/m0/s1. The smallest absolute Gasteiger partial charge is 0.240 e. The van der Waals surface area contributed by atoms with Crippen LogP contribution in [0.25, 0.3) is 0 Å². The van der Waals surface area contributed by atoms with Crippen molar-refractivity contribution in [1.29, 1.82) is 0 Å². The fourth-order valence-corrected chi connectivity index (χ4v) is 4.57. The van der Waals surface area contributed by atoms with Gasteiger partial charge in [-0.25, -0.2) is 13.1 Å². The summed E-state index contributed by atoms with van der Waals surface area (Å²) in [5, 5.41) is 10.5. The number of hydrogen-bond donors (Lipinski definition) is 2. The van der Waals surface area contributed by atoms with E-state index in [-0.39, 0.29) is 17.4 Å². The quantitative estimate of drug-likeness (QED) is 0.695. The Bertz CT molecular complexity index is 719. The fourth-order valence-electron chi connectivity index (χ4n) is 3.31. The highest BCUT2D eigenvalue weighted by molar-refractivity contribution is 7.89. The predicted octanol–water partition coefficient (Wildman–Crippen LogP) is -0.743. The lowest BCUT2D eigenvalue weighted by Crippen LogP contribution is -2.52. The SMILES string of the molecule is CC(=O)N1CCN(C[C@@H]2OC[C@H](NS(=O)(=O)c3ccccc3)[C@H]2O)CC1. The lowest BCUT2D eigenvalue weighted by molar-refractivity contribution is -0.130. The summed E-state index contributed by atoms with van der Waals surface area (Å²) in [5.74, 6) is 0.0668. The van der Waals surface area contributed by atoms with Gasteiger partial charge in [-0.05, 0) is 12.1 Å². The summed E-state index contributed by atoms with van der Waals surface area (Å²) >= 11 is 0. The van der Waals surface area contributed by atoms with Crippen LogP contribution in [0, 0.1) is 0 Å². The summed E-state index contributed by atoms with van der Waals surface area (Å²) in [6.07, 6.45) is -1.37. The summed E-state index contributed by atoms with van der Waals surface area (Å²) in [4.78, 5) is 15.5. The molecule has 1 aromatic carbocycles. The topological polar surface area (TPSA) is 99.2 Å². The summed E-state index contributed by atoms with van der Waals surface area (Å²) in [7, 11) is -3.70. The number of sulfonamides is 1. The molecule has 144 valence electrons. The number of aliphatic hydroxyl groups is 1. The number of rotatable bonds is 5. The number of aliphatic hydroxyl groups excluding tert-OH is 1. The molecule has 8 nitrogen and oxygen atoms in total. The average Bonchev–Trinajstić information content (AvgIpc) is 2.96. The van der Waals surface area contributed by atoms with Gasteiger partial charge in [-0.15, -0.1) is 0 Å². The van der Waals surface area contributed by atoms with E-state index >= 15 is 0 Å². The van der Waals surface area contributed by atoms with Crippen molar-refractivity contribution in [2.45, 2.75) is 30.1 Å². The molecule has 9 heteroatoms. The zero-order valence-corrected chi connectivity index (χ0v) is 15.6. The number of carbonyl (C=O) groups excluding carboxylic acids is 1. The van der Waals surface area contributed by atoms with Crippen molar-refractivity contribution in [2.24, 2.45) is 0 Å². The van der Waals surface area contributed by atoms with E-state index < -0.39 is 28.3 Å². The van der Waals surface area contributed by atoms with Crippen LogP contribution >= 0.6 is 0 Å². The first-order chi connectivity index (χ1) is 12.4. The Morgan fingerprint density at radius 3 is 2.50 bits per heavy atom. The van der Waals surface area contributed by atoms with Crippen LogP contribution in [0.1, 0.15) is 6.92 Å². The largest absolute Gasteiger partial charge is 0.389 e. The second-order valence-corrected chi connectivity index (χ2v) is 8.42. The molecular formula is C17H25N3O5S. The molecule has 1 amide bonds. The van der Waals surface area contributed by atoms with Gasteiger partial charge in [0.25, 0.3) is 0 Å². The van der Waals surface area contributed by atoms with Gasteiger partial charge in [0, 0.05) is 39.6 Å². The van der Waals surface area contributed by atoms with Crippen molar-refractivity contribution in [3.63, 3.8) is 0 Å². The van der Waals surface area contributed by atoms with Crippen LogP contribution < -0.4 is 4.72 Å². The van der Waals surface area contributed by atoms with E-state index in [2.05, 4.69) is 9.62 Å². The second-order valence-electron chi connectivity index (χ2n) is 6.71. The van der Waals surface area contributed by atoms with Gasteiger partial charge < -0.3 is 14.7 Å². The molecular weight excluding hydrogens is 358 g/mol. The Labute approximate surface area is 153 Å². The zero-order valence-electron chi connectivity index (χ0n) is 14.7. The molecule has 0 spiro atoms. The average molecular weight is 383 g/mol. The van der Waals surface area contributed by atoms with Crippen LogP contribution in [0.4, 0.5) is 0 Å². The normalized spacial score (nSPS) is 27.6. The maximum absolute atomic E-state index is 12.4. The minimum Gasteiger partial charge on any atom is -0.389 e. The van der Waals surface area contributed by atoms with Gasteiger partial charge in [-0.2, -0.15) is 0 Å². The maximum Gasteiger partial charge on any atom is 0.240 e. The van der Waals surface area contributed by atoms with Crippen molar-refractivity contribution >= 4 is 15.9 Å². The van der Waals surface area contributed by atoms with Crippen molar-refractivity contribution < 1.29 is 23.1 Å². The van der Waals surface area contributed by atoms with Gasteiger partial charge in [0.1, 0.15) is 0 Å². The number of nitrogens with one attached hydrogen (secondary N) is 1. The predicted molar refractivity (Wildman–Crippen MR) is 95.0 cm³/mol. The van der Waals surface area contributed by atoms with E-state index in [9.17, 15) is 18.3 Å².